The number of ether oxygens (including phenoxy) is 1. The second-order valence-electron chi connectivity index (χ2n) is 5.01. The van der Waals surface area contributed by atoms with Crippen molar-refractivity contribution in [3.8, 4) is 11.5 Å². The molecule has 2 N–H and O–H groups in total. The molecule has 1 aliphatic heterocycles. The number of hydrogen-bond donors (Lipinski definition) is 2. The minimum Gasteiger partial charge on any atom is -0.504 e. The summed E-state index contributed by atoms with van der Waals surface area (Å²) in [6.07, 6.45) is 3.63. The molecule has 1 aliphatic rings. The molecule has 1 amide bonds. The van der Waals surface area contributed by atoms with E-state index in [-0.39, 0.29) is 30.9 Å². The average molecular weight is 279 g/mol. The number of aliphatic hydroxyl groups excluding tert-OH is 1. The van der Waals surface area contributed by atoms with Crippen molar-refractivity contribution in [3.63, 3.8) is 0 Å². The molecule has 0 aliphatic carbocycles. The van der Waals surface area contributed by atoms with Crippen LogP contribution >= 0.6 is 0 Å². The number of carbonyl (C=O) groups excluding carboxylic acids is 1. The highest BCUT2D eigenvalue weighted by Gasteiger charge is 2.26. The number of benzene rings is 1. The quantitative estimate of drug-likeness (QED) is 0.857. The molecular formula is C15H21NO4. The molecule has 0 bridgehead atoms. The molecule has 5 heteroatoms. The van der Waals surface area contributed by atoms with E-state index in [0.29, 0.717) is 18.7 Å². The molecule has 0 saturated carbocycles. The number of nitrogens with zero attached hydrogens (tertiary/aromatic N) is 1. The van der Waals surface area contributed by atoms with Gasteiger partial charge in [0.05, 0.1) is 0 Å². The van der Waals surface area contributed by atoms with Gasteiger partial charge in [-0.1, -0.05) is 12.1 Å². The van der Waals surface area contributed by atoms with Crippen molar-refractivity contribution < 1.29 is 19.7 Å². The first-order chi connectivity index (χ1) is 9.72. The zero-order valence-electron chi connectivity index (χ0n) is 11.5. The zero-order valence-corrected chi connectivity index (χ0v) is 11.5. The Balaban J connectivity index is 1.91. The second-order valence-corrected chi connectivity index (χ2v) is 5.01. The zero-order chi connectivity index (χ0) is 14.4. The maximum absolute atomic E-state index is 12.2. The van der Waals surface area contributed by atoms with Gasteiger partial charge in [-0.25, -0.2) is 0 Å². The molecule has 1 fully saturated rings. The smallest absolute Gasteiger partial charge is 0.260 e. The van der Waals surface area contributed by atoms with Gasteiger partial charge in [0.1, 0.15) is 0 Å². The summed E-state index contributed by atoms with van der Waals surface area (Å²) in [4.78, 5) is 14.0. The van der Waals surface area contributed by atoms with Gasteiger partial charge in [-0.3, -0.25) is 4.79 Å². The van der Waals surface area contributed by atoms with Crippen LogP contribution in [0.1, 0.15) is 25.7 Å². The van der Waals surface area contributed by atoms with Crippen molar-refractivity contribution in [2.75, 3.05) is 19.8 Å². The van der Waals surface area contributed by atoms with E-state index in [9.17, 15) is 9.90 Å². The average Bonchev–Trinajstić information content (AvgIpc) is 2.47. The van der Waals surface area contributed by atoms with E-state index in [1.54, 1.807) is 23.1 Å². The van der Waals surface area contributed by atoms with Crippen LogP contribution in [-0.4, -0.2) is 46.8 Å². The van der Waals surface area contributed by atoms with Crippen LogP contribution in [0.5, 0.6) is 11.5 Å². The maximum atomic E-state index is 12.2. The minimum atomic E-state index is -0.0913. The summed E-state index contributed by atoms with van der Waals surface area (Å²) >= 11 is 0. The number of aromatic hydroxyl groups is 1. The predicted octanol–water partition coefficient (Wildman–Crippen LogP) is 1.53. The monoisotopic (exact) mass is 279 g/mol. The van der Waals surface area contributed by atoms with Crippen molar-refractivity contribution in [1.82, 2.24) is 4.90 Å². The van der Waals surface area contributed by atoms with Crippen LogP contribution < -0.4 is 4.74 Å². The third-order valence-corrected chi connectivity index (χ3v) is 3.63. The maximum Gasteiger partial charge on any atom is 0.260 e. The molecule has 1 aromatic carbocycles. The Hall–Kier alpha value is -1.75. The number of para-hydroxylation sites is 2. The normalized spacial score (nSPS) is 18.9. The summed E-state index contributed by atoms with van der Waals surface area (Å²) in [7, 11) is 0. The molecule has 1 aromatic rings. The Bertz CT molecular complexity index is 447. The van der Waals surface area contributed by atoms with Crippen LogP contribution in [0, 0.1) is 0 Å². The molecular weight excluding hydrogens is 258 g/mol. The summed E-state index contributed by atoms with van der Waals surface area (Å²) in [6, 6.07) is 6.70. The van der Waals surface area contributed by atoms with E-state index in [1.165, 1.54) is 6.07 Å². The van der Waals surface area contributed by atoms with Crippen LogP contribution in [0.4, 0.5) is 0 Å². The van der Waals surface area contributed by atoms with Gasteiger partial charge in [0.15, 0.2) is 18.1 Å². The van der Waals surface area contributed by atoms with Gasteiger partial charge in [0, 0.05) is 19.2 Å². The van der Waals surface area contributed by atoms with Gasteiger partial charge in [0.2, 0.25) is 0 Å². The molecule has 1 atom stereocenters. The number of amides is 1. The van der Waals surface area contributed by atoms with Gasteiger partial charge < -0.3 is 19.8 Å². The highest BCUT2D eigenvalue weighted by Crippen LogP contribution is 2.25. The van der Waals surface area contributed by atoms with Crippen LogP contribution in [0.3, 0.4) is 0 Å². The Morgan fingerprint density at radius 2 is 2.15 bits per heavy atom. The number of hydrogen-bond acceptors (Lipinski definition) is 4. The molecule has 2 rings (SSSR count). The van der Waals surface area contributed by atoms with Crippen molar-refractivity contribution in [1.29, 1.82) is 0 Å². The van der Waals surface area contributed by atoms with Crippen LogP contribution in [-0.2, 0) is 4.79 Å². The lowest BCUT2D eigenvalue weighted by Crippen LogP contribution is -2.46. The number of piperidine rings is 1. The van der Waals surface area contributed by atoms with Crippen molar-refractivity contribution >= 4 is 5.91 Å². The number of aliphatic hydroxyl groups is 1. The molecule has 0 aromatic heterocycles. The first kappa shape index (κ1) is 14.7. The largest absolute Gasteiger partial charge is 0.504 e. The fourth-order valence-corrected chi connectivity index (χ4v) is 2.58. The molecule has 110 valence electrons. The lowest BCUT2D eigenvalue weighted by Gasteiger charge is -2.35. The SMILES string of the molecule is O=C(COc1ccccc1O)N1CCCCC1CCO. The summed E-state index contributed by atoms with van der Waals surface area (Å²) in [5.74, 6) is 0.258. The topological polar surface area (TPSA) is 70.0 Å². The Labute approximate surface area is 118 Å². The number of phenolic OH excluding ortho intramolecular Hbond substituents is 1. The number of rotatable bonds is 5. The van der Waals surface area contributed by atoms with Crippen molar-refractivity contribution in [3.05, 3.63) is 24.3 Å². The van der Waals surface area contributed by atoms with E-state index in [2.05, 4.69) is 0 Å². The summed E-state index contributed by atoms with van der Waals surface area (Å²) in [5.41, 5.74) is 0. The minimum absolute atomic E-state index is 0.0332. The van der Waals surface area contributed by atoms with Crippen LogP contribution in [0.15, 0.2) is 24.3 Å². The summed E-state index contributed by atoms with van der Waals surface area (Å²) in [6.45, 7) is 0.724. The standard InChI is InChI=1S/C15H21NO4/c17-10-8-12-5-3-4-9-16(12)15(19)11-20-14-7-2-1-6-13(14)18/h1-2,6-7,12,17-18H,3-5,8-11H2. The van der Waals surface area contributed by atoms with E-state index in [4.69, 9.17) is 9.84 Å². The molecule has 1 unspecified atom stereocenters. The molecule has 5 nitrogen and oxygen atoms in total. The first-order valence-electron chi connectivity index (χ1n) is 7.03. The summed E-state index contributed by atoms with van der Waals surface area (Å²) < 4.78 is 5.37. The van der Waals surface area contributed by atoms with E-state index < -0.39 is 0 Å². The third-order valence-electron chi connectivity index (χ3n) is 3.63. The number of likely N-dealkylation sites (tertiary alicyclic amines) is 1. The number of carbonyl (C=O) groups is 1. The fraction of sp³-hybridized carbons (Fsp3) is 0.533. The third kappa shape index (κ3) is 3.63. The van der Waals surface area contributed by atoms with E-state index in [1.807, 2.05) is 0 Å². The fourth-order valence-electron chi connectivity index (χ4n) is 2.58. The van der Waals surface area contributed by atoms with Gasteiger partial charge in [0.25, 0.3) is 5.91 Å². The first-order valence-corrected chi connectivity index (χ1v) is 7.03. The van der Waals surface area contributed by atoms with E-state index in [0.717, 1.165) is 19.3 Å². The molecule has 0 spiro atoms. The predicted molar refractivity (Wildman–Crippen MR) is 74.7 cm³/mol. The Morgan fingerprint density at radius 3 is 2.90 bits per heavy atom. The Morgan fingerprint density at radius 1 is 1.35 bits per heavy atom. The van der Waals surface area contributed by atoms with Crippen LogP contribution in [0.2, 0.25) is 0 Å². The molecule has 1 heterocycles. The van der Waals surface area contributed by atoms with Crippen LogP contribution in [0.25, 0.3) is 0 Å². The number of phenols is 1. The lowest BCUT2D eigenvalue weighted by molar-refractivity contribution is -0.137. The molecule has 20 heavy (non-hydrogen) atoms. The highest BCUT2D eigenvalue weighted by atomic mass is 16.5. The highest BCUT2D eigenvalue weighted by molar-refractivity contribution is 5.78. The van der Waals surface area contributed by atoms with Gasteiger partial charge >= 0.3 is 0 Å². The summed E-state index contributed by atoms with van der Waals surface area (Å²) in [5, 5.41) is 18.6. The Kier molecular flexibility index (Phi) is 5.24. The van der Waals surface area contributed by atoms with E-state index >= 15 is 0 Å². The molecule has 0 radical (unpaired) electrons. The second kappa shape index (κ2) is 7.14. The van der Waals surface area contributed by atoms with Crippen molar-refractivity contribution in [2.24, 2.45) is 0 Å². The van der Waals surface area contributed by atoms with Crippen molar-refractivity contribution in [2.45, 2.75) is 31.7 Å². The van der Waals surface area contributed by atoms with Gasteiger partial charge in [-0.15, -0.1) is 0 Å². The lowest BCUT2D eigenvalue weighted by atomic mass is 9.99. The van der Waals surface area contributed by atoms with Gasteiger partial charge in [-0.2, -0.15) is 0 Å². The van der Waals surface area contributed by atoms with Gasteiger partial charge in [-0.05, 0) is 37.8 Å². The molecule has 1 saturated heterocycles.